The van der Waals surface area contributed by atoms with Crippen molar-refractivity contribution in [3.8, 4) is 5.75 Å². The summed E-state index contributed by atoms with van der Waals surface area (Å²) in [6.45, 7) is 2.19. The predicted octanol–water partition coefficient (Wildman–Crippen LogP) is 0.842. The number of methoxy groups -OCH3 is 1. The molecule has 0 spiro atoms. The molecule has 7 nitrogen and oxygen atoms in total. The largest absolute Gasteiger partial charge is 0.496 e. The molecule has 122 valence electrons. The number of fused-ring (bicyclic) bond motifs is 1. The van der Waals surface area contributed by atoms with Gasteiger partial charge in [-0.3, -0.25) is 9.88 Å². The maximum Gasteiger partial charge on any atom is 0.246 e. The van der Waals surface area contributed by atoms with E-state index in [1.54, 1.807) is 25.7 Å². The molecular weight excluding hydrogens is 316 g/mol. The van der Waals surface area contributed by atoms with E-state index < -0.39 is 9.84 Å². The Morgan fingerprint density at radius 1 is 1.35 bits per heavy atom. The molecule has 0 unspecified atom stereocenters. The lowest BCUT2D eigenvalue weighted by molar-refractivity contribution is 0.238. The van der Waals surface area contributed by atoms with E-state index in [9.17, 15) is 8.42 Å². The minimum absolute atomic E-state index is 0.0985. The molecule has 2 aromatic rings. The van der Waals surface area contributed by atoms with Crippen molar-refractivity contribution in [3.05, 3.63) is 41.5 Å². The van der Waals surface area contributed by atoms with Crippen molar-refractivity contribution in [1.29, 1.82) is 0 Å². The highest BCUT2D eigenvalue weighted by atomic mass is 32.2. The summed E-state index contributed by atoms with van der Waals surface area (Å²) >= 11 is 0. The van der Waals surface area contributed by atoms with E-state index in [0.29, 0.717) is 19.5 Å². The van der Waals surface area contributed by atoms with E-state index in [0.717, 1.165) is 35.4 Å². The molecule has 2 aromatic heterocycles. The van der Waals surface area contributed by atoms with Gasteiger partial charge in [0.2, 0.25) is 15.0 Å². The summed E-state index contributed by atoms with van der Waals surface area (Å²) in [4.78, 5) is 14.6. The highest BCUT2D eigenvalue weighted by Crippen LogP contribution is 2.23. The van der Waals surface area contributed by atoms with Crippen molar-refractivity contribution in [2.75, 3.05) is 19.9 Å². The first-order valence-electron chi connectivity index (χ1n) is 7.21. The van der Waals surface area contributed by atoms with Gasteiger partial charge < -0.3 is 4.74 Å². The maximum absolute atomic E-state index is 11.5. The third kappa shape index (κ3) is 3.48. The minimum Gasteiger partial charge on any atom is -0.496 e. The zero-order valence-electron chi connectivity index (χ0n) is 13.1. The van der Waals surface area contributed by atoms with Crippen LogP contribution in [0.25, 0.3) is 0 Å². The van der Waals surface area contributed by atoms with Crippen molar-refractivity contribution in [1.82, 2.24) is 19.9 Å². The molecule has 1 aliphatic rings. The van der Waals surface area contributed by atoms with Crippen molar-refractivity contribution in [2.45, 2.75) is 24.7 Å². The van der Waals surface area contributed by atoms with Gasteiger partial charge in [-0.1, -0.05) is 0 Å². The van der Waals surface area contributed by atoms with Gasteiger partial charge in [0.05, 0.1) is 12.8 Å². The van der Waals surface area contributed by atoms with Gasteiger partial charge in [0.25, 0.3) is 0 Å². The lowest BCUT2D eigenvalue weighted by Crippen LogP contribution is -2.31. The Kier molecular flexibility index (Phi) is 4.27. The van der Waals surface area contributed by atoms with Gasteiger partial charge in [-0.2, -0.15) is 0 Å². The molecule has 0 amide bonds. The Bertz CT molecular complexity index is 823. The molecule has 23 heavy (non-hydrogen) atoms. The van der Waals surface area contributed by atoms with Gasteiger partial charge in [-0.15, -0.1) is 0 Å². The Morgan fingerprint density at radius 2 is 2.17 bits per heavy atom. The number of nitrogens with zero attached hydrogens (tertiary/aromatic N) is 4. The SMILES string of the molecule is COc1ccncc1CN1CCc2nc(S(C)(=O)=O)ncc2C1. The number of aromatic nitrogens is 3. The third-order valence-corrected chi connectivity index (χ3v) is 4.66. The van der Waals surface area contributed by atoms with Crippen LogP contribution in [-0.4, -0.2) is 48.2 Å². The molecule has 0 bridgehead atoms. The summed E-state index contributed by atoms with van der Waals surface area (Å²) in [7, 11) is -1.72. The molecule has 3 rings (SSSR count). The van der Waals surface area contributed by atoms with Gasteiger partial charge in [0, 0.05) is 62.0 Å². The fourth-order valence-corrected chi connectivity index (χ4v) is 3.16. The fraction of sp³-hybridized carbons (Fsp3) is 0.400. The number of sulfone groups is 1. The average molecular weight is 334 g/mol. The lowest BCUT2D eigenvalue weighted by Gasteiger charge is -2.28. The molecule has 3 heterocycles. The second kappa shape index (κ2) is 6.21. The summed E-state index contributed by atoms with van der Waals surface area (Å²) in [5.74, 6) is 0.814. The third-order valence-electron chi connectivity index (χ3n) is 3.80. The van der Waals surface area contributed by atoms with E-state index in [1.807, 2.05) is 6.07 Å². The standard InChI is InChI=1S/C15H18N4O3S/c1-22-14-3-5-16-7-12(14)10-19-6-4-13-11(9-19)8-17-15(18-13)23(2,20)21/h3,5,7-8H,4,6,9-10H2,1-2H3. The first kappa shape index (κ1) is 15.8. The second-order valence-corrected chi connectivity index (χ2v) is 7.45. The molecule has 0 saturated heterocycles. The fourth-order valence-electron chi connectivity index (χ4n) is 2.64. The van der Waals surface area contributed by atoms with E-state index in [2.05, 4.69) is 19.9 Å². The van der Waals surface area contributed by atoms with E-state index >= 15 is 0 Å². The smallest absolute Gasteiger partial charge is 0.246 e. The highest BCUT2D eigenvalue weighted by Gasteiger charge is 2.21. The van der Waals surface area contributed by atoms with Crippen LogP contribution in [0.15, 0.2) is 29.8 Å². The second-order valence-electron chi connectivity index (χ2n) is 5.54. The van der Waals surface area contributed by atoms with Crippen LogP contribution in [0, 0.1) is 0 Å². The van der Waals surface area contributed by atoms with Crippen LogP contribution in [0.4, 0.5) is 0 Å². The first-order chi connectivity index (χ1) is 11.0. The van der Waals surface area contributed by atoms with Crippen LogP contribution >= 0.6 is 0 Å². The van der Waals surface area contributed by atoms with Crippen LogP contribution in [0.2, 0.25) is 0 Å². The van der Waals surface area contributed by atoms with Crippen LogP contribution in [-0.2, 0) is 29.3 Å². The van der Waals surface area contributed by atoms with Gasteiger partial charge in [-0.05, 0) is 6.07 Å². The molecule has 8 heteroatoms. The first-order valence-corrected chi connectivity index (χ1v) is 9.10. The molecule has 0 saturated carbocycles. The number of rotatable bonds is 4. The Balaban J connectivity index is 1.78. The zero-order chi connectivity index (χ0) is 16.4. The maximum atomic E-state index is 11.5. The summed E-state index contributed by atoms with van der Waals surface area (Å²) < 4.78 is 28.4. The molecule has 0 radical (unpaired) electrons. The van der Waals surface area contributed by atoms with Crippen LogP contribution in [0.1, 0.15) is 16.8 Å². The normalized spacial score (nSPS) is 15.2. The summed E-state index contributed by atoms with van der Waals surface area (Å²) in [5.41, 5.74) is 2.80. The highest BCUT2D eigenvalue weighted by molar-refractivity contribution is 7.90. The van der Waals surface area contributed by atoms with Crippen molar-refractivity contribution >= 4 is 9.84 Å². The monoisotopic (exact) mass is 334 g/mol. The van der Waals surface area contributed by atoms with Crippen LogP contribution in [0.5, 0.6) is 5.75 Å². The van der Waals surface area contributed by atoms with Crippen LogP contribution in [0.3, 0.4) is 0 Å². The number of hydrogen-bond donors (Lipinski definition) is 0. The molecule has 0 atom stereocenters. The van der Waals surface area contributed by atoms with Crippen molar-refractivity contribution in [2.24, 2.45) is 0 Å². The molecule has 1 aliphatic heterocycles. The van der Waals surface area contributed by atoms with Gasteiger partial charge in [-0.25, -0.2) is 18.4 Å². The molecule has 0 N–H and O–H groups in total. The number of pyridine rings is 1. The summed E-state index contributed by atoms with van der Waals surface area (Å²) in [5, 5.41) is -0.0985. The Morgan fingerprint density at radius 3 is 2.91 bits per heavy atom. The average Bonchev–Trinajstić information content (AvgIpc) is 2.54. The van der Waals surface area contributed by atoms with Crippen LogP contribution < -0.4 is 4.74 Å². The van der Waals surface area contributed by atoms with Gasteiger partial charge in [0.1, 0.15) is 5.75 Å². The van der Waals surface area contributed by atoms with E-state index in [4.69, 9.17) is 4.74 Å². The lowest BCUT2D eigenvalue weighted by atomic mass is 10.1. The Hall–Kier alpha value is -2.06. The summed E-state index contributed by atoms with van der Waals surface area (Å²) in [6, 6.07) is 1.84. The number of ether oxygens (including phenoxy) is 1. The summed E-state index contributed by atoms with van der Waals surface area (Å²) in [6.07, 6.45) is 6.94. The Labute approximate surface area is 135 Å². The molecule has 0 fully saturated rings. The van der Waals surface area contributed by atoms with E-state index in [1.165, 1.54) is 0 Å². The van der Waals surface area contributed by atoms with Gasteiger partial charge >= 0.3 is 0 Å². The molecular formula is C15H18N4O3S. The quantitative estimate of drug-likeness (QED) is 0.766. The number of hydrogen-bond acceptors (Lipinski definition) is 7. The molecule has 0 aliphatic carbocycles. The predicted molar refractivity (Wildman–Crippen MR) is 83.7 cm³/mol. The minimum atomic E-state index is -3.37. The van der Waals surface area contributed by atoms with E-state index in [-0.39, 0.29) is 5.16 Å². The van der Waals surface area contributed by atoms with Crippen molar-refractivity contribution < 1.29 is 13.2 Å². The zero-order valence-corrected chi connectivity index (χ0v) is 13.9. The van der Waals surface area contributed by atoms with Gasteiger partial charge in [0.15, 0.2) is 0 Å². The van der Waals surface area contributed by atoms with Crippen molar-refractivity contribution in [3.63, 3.8) is 0 Å². The molecule has 0 aromatic carbocycles. The topological polar surface area (TPSA) is 85.3 Å².